The van der Waals surface area contributed by atoms with Crippen molar-refractivity contribution >= 4 is 29.8 Å². The second kappa shape index (κ2) is 9.48. The first-order valence-electron chi connectivity index (χ1n) is 8.56. The van der Waals surface area contributed by atoms with Crippen molar-refractivity contribution in [1.82, 2.24) is 5.32 Å². The molecule has 0 fully saturated rings. The Kier molecular flexibility index (Phi) is 7.33. The minimum absolute atomic E-state index is 0. The van der Waals surface area contributed by atoms with E-state index in [-0.39, 0.29) is 48.4 Å². The molecule has 27 heavy (non-hydrogen) atoms. The average Bonchev–Trinajstić information content (AvgIpc) is 2.68. The van der Waals surface area contributed by atoms with Crippen LogP contribution in [0.25, 0.3) is 0 Å². The standard InChI is InChI=1S/C20H21FN2O3.ClH/c1-26-15-5-2-13(3-6-15)18(24)8-9-19(25)23-17-7-4-14-12-22-11-10-16(14)20(17)21;/h2-7,22H,8-12H2,1H3,(H,23,25);1H. The van der Waals surface area contributed by atoms with Gasteiger partial charge in [-0.15, -0.1) is 12.4 Å². The second-order valence-electron chi connectivity index (χ2n) is 6.19. The molecular formula is C20H22ClFN2O3. The number of benzene rings is 2. The zero-order chi connectivity index (χ0) is 18.5. The number of hydrogen-bond donors (Lipinski definition) is 2. The van der Waals surface area contributed by atoms with Gasteiger partial charge in [0, 0.05) is 24.9 Å². The van der Waals surface area contributed by atoms with Gasteiger partial charge >= 0.3 is 0 Å². The maximum atomic E-state index is 14.5. The van der Waals surface area contributed by atoms with Crippen LogP contribution in [0.1, 0.15) is 34.3 Å². The number of anilines is 1. The molecule has 2 N–H and O–H groups in total. The Hall–Kier alpha value is -2.44. The highest BCUT2D eigenvalue weighted by Gasteiger charge is 2.18. The molecule has 1 aliphatic heterocycles. The van der Waals surface area contributed by atoms with Gasteiger partial charge in [0.05, 0.1) is 12.8 Å². The third-order valence-corrected chi connectivity index (χ3v) is 4.47. The van der Waals surface area contributed by atoms with Crippen molar-refractivity contribution in [2.75, 3.05) is 19.0 Å². The molecule has 1 aliphatic rings. The van der Waals surface area contributed by atoms with Crippen LogP contribution in [0.5, 0.6) is 5.75 Å². The van der Waals surface area contributed by atoms with E-state index in [4.69, 9.17) is 4.74 Å². The van der Waals surface area contributed by atoms with Gasteiger partial charge in [-0.1, -0.05) is 6.07 Å². The quantitative estimate of drug-likeness (QED) is 0.738. The smallest absolute Gasteiger partial charge is 0.224 e. The Labute approximate surface area is 163 Å². The molecule has 0 saturated carbocycles. The summed E-state index contributed by atoms with van der Waals surface area (Å²) in [6.45, 7) is 1.36. The Morgan fingerprint density at radius 3 is 2.59 bits per heavy atom. The van der Waals surface area contributed by atoms with Crippen molar-refractivity contribution in [1.29, 1.82) is 0 Å². The molecule has 7 heteroatoms. The minimum atomic E-state index is -0.376. The molecule has 0 spiro atoms. The van der Waals surface area contributed by atoms with E-state index in [0.29, 0.717) is 29.8 Å². The third kappa shape index (κ3) is 5.05. The first-order chi connectivity index (χ1) is 12.6. The number of Topliss-reactive ketones (excluding diaryl/α,β-unsaturated/α-hetero) is 1. The van der Waals surface area contributed by atoms with Gasteiger partial charge in [-0.25, -0.2) is 4.39 Å². The summed E-state index contributed by atoms with van der Waals surface area (Å²) in [5, 5.41) is 5.76. The van der Waals surface area contributed by atoms with Crippen molar-refractivity contribution < 1.29 is 18.7 Å². The fourth-order valence-corrected chi connectivity index (χ4v) is 2.99. The maximum absolute atomic E-state index is 14.5. The highest BCUT2D eigenvalue weighted by atomic mass is 35.5. The predicted molar refractivity (Wildman–Crippen MR) is 104 cm³/mol. The van der Waals surface area contributed by atoms with Crippen LogP contribution in [-0.2, 0) is 17.8 Å². The largest absolute Gasteiger partial charge is 0.497 e. The van der Waals surface area contributed by atoms with E-state index < -0.39 is 0 Å². The summed E-state index contributed by atoms with van der Waals surface area (Å²) in [5.41, 5.74) is 2.26. The Balaban J connectivity index is 0.00000261. The number of methoxy groups -OCH3 is 1. The number of carbonyl (C=O) groups excluding carboxylic acids is 2. The lowest BCUT2D eigenvalue weighted by Gasteiger charge is -2.19. The summed E-state index contributed by atoms with van der Waals surface area (Å²) in [6, 6.07) is 10.1. The highest BCUT2D eigenvalue weighted by molar-refractivity contribution is 6.00. The lowest BCUT2D eigenvalue weighted by Crippen LogP contribution is -2.25. The van der Waals surface area contributed by atoms with Gasteiger partial charge in [0.2, 0.25) is 5.91 Å². The normalized spacial score (nSPS) is 12.5. The molecule has 0 radical (unpaired) electrons. The number of hydrogen-bond acceptors (Lipinski definition) is 4. The molecule has 0 aromatic heterocycles. The zero-order valence-corrected chi connectivity index (χ0v) is 15.8. The van der Waals surface area contributed by atoms with Crippen LogP contribution in [-0.4, -0.2) is 25.3 Å². The third-order valence-electron chi connectivity index (χ3n) is 4.47. The van der Waals surface area contributed by atoms with E-state index in [1.54, 1.807) is 37.4 Å². The lowest BCUT2D eigenvalue weighted by molar-refractivity contribution is -0.116. The number of fused-ring (bicyclic) bond motifs is 1. The fourth-order valence-electron chi connectivity index (χ4n) is 2.99. The number of halogens is 2. The Bertz CT molecular complexity index is 825. The summed E-state index contributed by atoms with van der Waals surface area (Å²) >= 11 is 0. The molecule has 5 nitrogen and oxygen atoms in total. The number of ketones is 1. The van der Waals surface area contributed by atoms with Gasteiger partial charge in [0.1, 0.15) is 11.6 Å². The molecule has 0 atom stereocenters. The van der Waals surface area contributed by atoms with E-state index in [1.165, 1.54) is 0 Å². The molecule has 0 aliphatic carbocycles. The van der Waals surface area contributed by atoms with Crippen molar-refractivity contribution in [2.24, 2.45) is 0 Å². The van der Waals surface area contributed by atoms with Gasteiger partial charge in [0.25, 0.3) is 0 Å². The Morgan fingerprint density at radius 2 is 1.89 bits per heavy atom. The monoisotopic (exact) mass is 392 g/mol. The molecule has 0 bridgehead atoms. The first-order valence-corrected chi connectivity index (χ1v) is 8.56. The number of carbonyl (C=O) groups is 2. The summed E-state index contributed by atoms with van der Waals surface area (Å²) < 4.78 is 19.6. The van der Waals surface area contributed by atoms with E-state index in [1.807, 2.05) is 6.07 Å². The highest BCUT2D eigenvalue weighted by Crippen LogP contribution is 2.24. The van der Waals surface area contributed by atoms with Gasteiger partial charge in [-0.3, -0.25) is 9.59 Å². The summed E-state index contributed by atoms with van der Waals surface area (Å²) in [4.78, 5) is 24.3. The average molecular weight is 393 g/mol. The van der Waals surface area contributed by atoms with Crippen LogP contribution < -0.4 is 15.4 Å². The summed E-state index contributed by atoms with van der Waals surface area (Å²) in [5.74, 6) is -0.226. The van der Waals surface area contributed by atoms with Crippen LogP contribution >= 0.6 is 12.4 Å². The van der Waals surface area contributed by atoms with Crippen molar-refractivity contribution in [3.05, 3.63) is 58.9 Å². The second-order valence-corrected chi connectivity index (χ2v) is 6.19. The molecule has 3 rings (SSSR count). The van der Waals surface area contributed by atoms with Crippen LogP contribution in [0.2, 0.25) is 0 Å². The van der Waals surface area contributed by atoms with Gasteiger partial charge in [-0.2, -0.15) is 0 Å². The van der Waals surface area contributed by atoms with Crippen LogP contribution in [0, 0.1) is 5.82 Å². The SMILES string of the molecule is COc1ccc(C(=O)CCC(=O)Nc2ccc3c(c2F)CCNC3)cc1.Cl. The fraction of sp³-hybridized carbons (Fsp3) is 0.300. The van der Waals surface area contributed by atoms with Gasteiger partial charge < -0.3 is 15.4 Å². The predicted octanol–water partition coefficient (Wildman–Crippen LogP) is 3.50. The van der Waals surface area contributed by atoms with E-state index >= 15 is 0 Å². The summed E-state index contributed by atoms with van der Waals surface area (Å²) in [6.07, 6.45) is 0.665. The van der Waals surface area contributed by atoms with Crippen molar-refractivity contribution in [2.45, 2.75) is 25.8 Å². The molecule has 1 heterocycles. The molecule has 0 unspecified atom stereocenters. The number of ether oxygens (including phenoxy) is 1. The van der Waals surface area contributed by atoms with Gasteiger partial charge in [-0.05, 0) is 54.4 Å². The molecular weight excluding hydrogens is 371 g/mol. The van der Waals surface area contributed by atoms with E-state index in [2.05, 4.69) is 10.6 Å². The van der Waals surface area contributed by atoms with Crippen LogP contribution in [0.4, 0.5) is 10.1 Å². The maximum Gasteiger partial charge on any atom is 0.224 e. The van der Waals surface area contributed by atoms with Crippen molar-refractivity contribution in [3.8, 4) is 5.75 Å². The molecule has 0 saturated heterocycles. The Morgan fingerprint density at radius 1 is 1.15 bits per heavy atom. The first kappa shape index (κ1) is 20.9. The molecule has 1 amide bonds. The number of nitrogens with one attached hydrogen (secondary N) is 2. The topological polar surface area (TPSA) is 67.4 Å². The lowest BCUT2D eigenvalue weighted by atomic mass is 9.99. The molecule has 2 aromatic carbocycles. The van der Waals surface area contributed by atoms with Crippen LogP contribution in [0.15, 0.2) is 36.4 Å². The van der Waals surface area contributed by atoms with Crippen LogP contribution in [0.3, 0.4) is 0 Å². The molecule has 2 aromatic rings. The van der Waals surface area contributed by atoms with E-state index in [9.17, 15) is 14.0 Å². The van der Waals surface area contributed by atoms with Crippen molar-refractivity contribution in [3.63, 3.8) is 0 Å². The number of amides is 1. The molecule has 144 valence electrons. The number of rotatable bonds is 6. The van der Waals surface area contributed by atoms with Gasteiger partial charge in [0.15, 0.2) is 5.78 Å². The van der Waals surface area contributed by atoms with E-state index in [0.717, 1.165) is 12.1 Å². The summed E-state index contributed by atoms with van der Waals surface area (Å²) in [7, 11) is 1.55. The minimum Gasteiger partial charge on any atom is -0.497 e. The zero-order valence-electron chi connectivity index (χ0n) is 15.0.